The van der Waals surface area contributed by atoms with Crippen molar-refractivity contribution in [3.05, 3.63) is 40.0 Å². The molecule has 6 heteroatoms. The highest BCUT2D eigenvalue weighted by Gasteiger charge is 2.26. The van der Waals surface area contributed by atoms with E-state index >= 15 is 0 Å². The van der Waals surface area contributed by atoms with Crippen LogP contribution in [0.5, 0.6) is 0 Å². The predicted octanol–water partition coefficient (Wildman–Crippen LogP) is 5.22. The van der Waals surface area contributed by atoms with E-state index in [2.05, 4.69) is 34.4 Å². The second kappa shape index (κ2) is 6.31. The van der Waals surface area contributed by atoms with Crippen LogP contribution in [0.4, 0.5) is 17.5 Å². The maximum atomic E-state index is 6.20. The Hall–Kier alpha value is -1.52. The molecule has 1 saturated carbocycles. The molecule has 1 heterocycles. The van der Waals surface area contributed by atoms with Gasteiger partial charge in [0, 0.05) is 23.0 Å². The largest absolute Gasteiger partial charge is 0.352 e. The second-order valence-corrected chi connectivity index (χ2v) is 6.67. The number of rotatable bonds is 5. The average molecular weight is 337 g/mol. The number of benzene rings is 1. The van der Waals surface area contributed by atoms with Crippen LogP contribution in [0.1, 0.15) is 38.3 Å². The molecule has 22 heavy (non-hydrogen) atoms. The standard InChI is InChI=1S/C16H18Cl2N4/c1-9(2)19-16-21-13(10-3-4-10)8-15(22-16)20-14-7-11(17)5-6-12(14)18/h5-10H,3-4H2,1-2H3,(H2,19,20,21,22). The highest BCUT2D eigenvalue weighted by Crippen LogP contribution is 2.40. The minimum Gasteiger partial charge on any atom is -0.352 e. The fourth-order valence-electron chi connectivity index (χ4n) is 2.17. The highest BCUT2D eigenvalue weighted by molar-refractivity contribution is 6.35. The van der Waals surface area contributed by atoms with E-state index in [1.54, 1.807) is 18.2 Å². The van der Waals surface area contributed by atoms with Crippen LogP contribution in [0.2, 0.25) is 10.0 Å². The topological polar surface area (TPSA) is 49.8 Å². The zero-order chi connectivity index (χ0) is 15.7. The number of halogens is 2. The molecule has 0 bridgehead atoms. The van der Waals surface area contributed by atoms with E-state index in [1.165, 1.54) is 12.8 Å². The van der Waals surface area contributed by atoms with Gasteiger partial charge >= 0.3 is 0 Å². The average Bonchev–Trinajstić information content (AvgIpc) is 3.26. The van der Waals surface area contributed by atoms with E-state index in [4.69, 9.17) is 23.2 Å². The molecule has 0 amide bonds. The minimum absolute atomic E-state index is 0.275. The van der Waals surface area contributed by atoms with Crippen molar-refractivity contribution in [3.8, 4) is 0 Å². The molecule has 1 aromatic carbocycles. The van der Waals surface area contributed by atoms with E-state index in [0.717, 1.165) is 17.2 Å². The van der Waals surface area contributed by atoms with E-state index in [0.29, 0.717) is 21.9 Å². The number of hydrogen-bond acceptors (Lipinski definition) is 4. The van der Waals surface area contributed by atoms with Gasteiger partial charge < -0.3 is 10.6 Å². The molecule has 2 aromatic rings. The van der Waals surface area contributed by atoms with Crippen LogP contribution in [0.15, 0.2) is 24.3 Å². The van der Waals surface area contributed by atoms with Crippen molar-refractivity contribution < 1.29 is 0 Å². The fourth-order valence-corrected chi connectivity index (χ4v) is 2.51. The van der Waals surface area contributed by atoms with E-state index in [1.807, 2.05) is 6.07 Å². The molecule has 1 aromatic heterocycles. The van der Waals surface area contributed by atoms with Crippen molar-refractivity contribution in [2.45, 2.75) is 38.6 Å². The Balaban J connectivity index is 1.91. The molecule has 1 fully saturated rings. The Morgan fingerprint density at radius 2 is 1.91 bits per heavy atom. The molecule has 2 N–H and O–H groups in total. The SMILES string of the molecule is CC(C)Nc1nc(Nc2cc(Cl)ccc2Cl)cc(C2CC2)n1. The molecule has 1 aliphatic rings. The van der Waals surface area contributed by atoms with Gasteiger partial charge in [0.1, 0.15) is 5.82 Å². The molecule has 0 spiro atoms. The van der Waals surface area contributed by atoms with Crippen LogP contribution >= 0.6 is 23.2 Å². The summed E-state index contributed by atoms with van der Waals surface area (Å²) in [7, 11) is 0. The maximum absolute atomic E-state index is 6.20. The third kappa shape index (κ3) is 3.81. The van der Waals surface area contributed by atoms with E-state index < -0.39 is 0 Å². The van der Waals surface area contributed by atoms with Crippen molar-refractivity contribution in [1.82, 2.24) is 9.97 Å². The summed E-state index contributed by atoms with van der Waals surface area (Å²) in [6.45, 7) is 4.13. The molecule has 0 saturated heterocycles. The van der Waals surface area contributed by atoms with Crippen LogP contribution < -0.4 is 10.6 Å². The van der Waals surface area contributed by atoms with Crippen LogP contribution in [-0.4, -0.2) is 16.0 Å². The van der Waals surface area contributed by atoms with Gasteiger partial charge in [-0.2, -0.15) is 4.98 Å². The number of anilines is 3. The lowest BCUT2D eigenvalue weighted by atomic mass is 10.2. The summed E-state index contributed by atoms with van der Waals surface area (Å²) in [5.74, 6) is 1.91. The van der Waals surface area contributed by atoms with Crippen molar-refractivity contribution in [2.24, 2.45) is 0 Å². The van der Waals surface area contributed by atoms with Crippen LogP contribution in [0, 0.1) is 0 Å². The quantitative estimate of drug-likeness (QED) is 0.785. The van der Waals surface area contributed by atoms with Crippen molar-refractivity contribution in [3.63, 3.8) is 0 Å². The van der Waals surface area contributed by atoms with Gasteiger partial charge in [-0.15, -0.1) is 0 Å². The van der Waals surface area contributed by atoms with Crippen LogP contribution in [0.3, 0.4) is 0 Å². The summed E-state index contributed by atoms with van der Waals surface area (Å²) in [6.07, 6.45) is 2.38. The molecule has 0 unspecified atom stereocenters. The Bertz CT molecular complexity index is 684. The van der Waals surface area contributed by atoms with Gasteiger partial charge in [-0.25, -0.2) is 4.98 Å². The lowest BCUT2D eigenvalue weighted by Gasteiger charge is -2.13. The third-order valence-corrected chi connectivity index (χ3v) is 3.92. The lowest BCUT2D eigenvalue weighted by Crippen LogP contribution is -2.14. The zero-order valence-corrected chi connectivity index (χ0v) is 14.0. The molecule has 1 aliphatic carbocycles. The molecule has 0 radical (unpaired) electrons. The number of aromatic nitrogens is 2. The zero-order valence-electron chi connectivity index (χ0n) is 12.5. The maximum Gasteiger partial charge on any atom is 0.225 e. The predicted molar refractivity (Wildman–Crippen MR) is 92.5 cm³/mol. The molecular weight excluding hydrogens is 319 g/mol. The first-order chi connectivity index (χ1) is 10.5. The summed E-state index contributed by atoms with van der Waals surface area (Å²) in [5, 5.41) is 7.74. The first-order valence-corrected chi connectivity index (χ1v) is 8.14. The van der Waals surface area contributed by atoms with Crippen molar-refractivity contribution in [2.75, 3.05) is 10.6 Å². The summed E-state index contributed by atoms with van der Waals surface area (Å²) < 4.78 is 0. The van der Waals surface area contributed by atoms with Gasteiger partial charge in [-0.05, 0) is 44.9 Å². The van der Waals surface area contributed by atoms with Crippen molar-refractivity contribution in [1.29, 1.82) is 0 Å². The molecular formula is C16H18Cl2N4. The third-order valence-electron chi connectivity index (χ3n) is 3.35. The first-order valence-electron chi connectivity index (χ1n) is 7.39. The smallest absolute Gasteiger partial charge is 0.225 e. The van der Waals surface area contributed by atoms with Gasteiger partial charge in [0.05, 0.1) is 16.4 Å². The Morgan fingerprint density at radius 1 is 1.14 bits per heavy atom. The van der Waals surface area contributed by atoms with E-state index in [-0.39, 0.29) is 6.04 Å². The Labute approximate surface area is 140 Å². The number of nitrogens with zero attached hydrogens (tertiary/aromatic N) is 2. The Morgan fingerprint density at radius 3 is 2.59 bits per heavy atom. The fraction of sp³-hybridized carbons (Fsp3) is 0.375. The summed E-state index contributed by atoms with van der Waals surface area (Å²) in [5.41, 5.74) is 1.81. The van der Waals surface area contributed by atoms with Gasteiger partial charge in [0.15, 0.2) is 0 Å². The molecule has 116 valence electrons. The van der Waals surface area contributed by atoms with Crippen LogP contribution in [-0.2, 0) is 0 Å². The minimum atomic E-state index is 0.275. The first kappa shape index (κ1) is 15.4. The molecule has 4 nitrogen and oxygen atoms in total. The molecule has 0 atom stereocenters. The monoisotopic (exact) mass is 336 g/mol. The van der Waals surface area contributed by atoms with Gasteiger partial charge in [-0.3, -0.25) is 0 Å². The number of nitrogens with one attached hydrogen (secondary N) is 2. The Kier molecular flexibility index (Phi) is 4.41. The lowest BCUT2D eigenvalue weighted by molar-refractivity contribution is 0.864. The highest BCUT2D eigenvalue weighted by atomic mass is 35.5. The van der Waals surface area contributed by atoms with Gasteiger partial charge in [-0.1, -0.05) is 23.2 Å². The van der Waals surface area contributed by atoms with E-state index in [9.17, 15) is 0 Å². The summed E-state index contributed by atoms with van der Waals surface area (Å²) in [4.78, 5) is 9.11. The number of hydrogen-bond donors (Lipinski definition) is 2. The molecule has 3 rings (SSSR count). The van der Waals surface area contributed by atoms with Crippen LogP contribution in [0.25, 0.3) is 0 Å². The van der Waals surface area contributed by atoms with Gasteiger partial charge in [0.25, 0.3) is 0 Å². The summed E-state index contributed by atoms with van der Waals surface area (Å²) >= 11 is 12.2. The van der Waals surface area contributed by atoms with Crippen molar-refractivity contribution >= 4 is 40.7 Å². The van der Waals surface area contributed by atoms with Gasteiger partial charge in [0.2, 0.25) is 5.95 Å². The second-order valence-electron chi connectivity index (χ2n) is 5.82. The normalized spacial score (nSPS) is 14.2. The molecule has 0 aliphatic heterocycles. The summed E-state index contributed by atoms with van der Waals surface area (Å²) in [6, 6.07) is 7.58.